The van der Waals surface area contributed by atoms with E-state index in [9.17, 15) is 29.4 Å². The maximum atomic E-state index is 12.1. The number of aliphatic hydroxyl groups is 2. The molecule has 8 rings (SSSR count). The molecule has 2 saturated heterocycles. The van der Waals surface area contributed by atoms with Gasteiger partial charge in [0.05, 0.1) is 48.4 Å². The average Bonchev–Trinajstić information content (AvgIpc) is 3.99. The summed E-state index contributed by atoms with van der Waals surface area (Å²) in [5.74, 6) is 6.09. The number of likely N-dealkylation sites (tertiary alicyclic amines) is 2. The van der Waals surface area contributed by atoms with Crippen molar-refractivity contribution in [1.29, 1.82) is 0 Å². The number of fused-ring (bicyclic) bond motifs is 2. The number of aromatic nitrogens is 4. The number of hydrogen-bond donors (Lipinski definition) is 4. The second kappa shape index (κ2) is 17.9. The van der Waals surface area contributed by atoms with Crippen molar-refractivity contribution in [2.75, 3.05) is 65.1 Å². The van der Waals surface area contributed by atoms with Crippen LogP contribution in [0.3, 0.4) is 0 Å². The van der Waals surface area contributed by atoms with Crippen LogP contribution < -0.4 is 10.6 Å². The quantitative estimate of drug-likeness (QED) is 0.133. The summed E-state index contributed by atoms with van der Waals surface area (Å²) >= 11 is 2.27. The van der Waals surface area contributed by atoms with Crippen molar-refractivity contribution in [2.45, 2.75) is 49.7 Å². The number of terminal acetylenes is 1. The van der Waals surface area contributed by atoms with Gasteiger partial charge in [0.2, 0.25) is 11.2 Å². The maximum Gasteiger partial charge on any atom is 0.360 e. The molecule has 4 aromatic rings. The summed E-state index contributed by atoms with van der Waals surface area (Å²) in [6.07, 6.45) is 9.25. The predicted molar refractivity (Wildman–Crippen MR) is 226 cm³/mol. The lowest BCUT2D eigenvalue weighted by Gasteiger charge is -2.16. The van der Waals surface area contributed by atoms with Gasteiger partial charge in [-0.2, -0.15) is 10.2 Å². The molecule has 0 bridgehead atoms. The molecule has 4 aliphatic heterocycles. The predicted octanol–water partition coefficient (Wildman–Crippen LogP) is 2.80. The van der Waals surface area contributed by atoms with Crippen molar-refractivity contribution >= 4 is 57.7 Å². The third kappa shape index (κ3) is 8.92. The molecule has 308 valence electrons. The zero-order valence-corrected chi connectivity index (χ0v) is 35.3. The summed E-state index contributed by atoms with van der Waals surface area (Å²) in [6.45, 7) is 2.65. The molecule has 2 atom stereocenters. The van der Waals surface area contributed by atoms with Gasteiger partial charge in [0.15, 0.2) is 11.4 Å². The van der Waals surface area contributed by atoms with Gasteiger partial charge >= 0.3 is 11.9 Å². The van der Waals surface area contributed by atoms with E-state index in [0.717, 1.165) is 70.8 Å². The molecular formula is C42H45IN8O8. The Hall–Kier alpha value is -5.89. The minimum atomic E-state index is -1.64. The highest BCUT2D eigenvalue weighted by molar-refractivity contribution is 14.1. The zero-order valence-electron chi connectivity index (χ0n) is 33.2. The van der Waals surface area contributed by atoms with Crippen molar-refractivity contribution < 1.29 is 38.9 Å². The number of methoxy groups -OCH3 is 2. The summed E-state index contributed by atoms with van der Waals surface area (Å²) < 4.78 is 14.4. The summed E-state index contributed by atoms with van der Waals surface area (Å²) in [5.41, 5.74) is 3.27. The summed E-state index contributed by atoms with van der Waals surface area (Å²) in [4.78, 5) is 50.0. The number of likely N-dealkylation sites (N-methyl/N-ethyl adjacent to an activating group) is 2. The topological polar surface area (TPSA) is 193 Å². The zero-order chi connectivity index (χ0) is 42.5. The van der Waals surface area contributed by atoms with Crippen LogP contribution >= 0.6 is 22.6 Å². The van der Waals surface area contributed by atoms with Crippen LogP contribution in [0, 0.1) is 27.8 Å². The number of benzene rings is 2. The fraction of sp³-hybridized carbons (Fsp3) is 0.381. The molecule has 2 aromatic carbocycles. The van der Waals surface area contributed by atoms with Gasteiger partial charge in [-0.3, -0.25) is 9.59 Å². The van der Waals surface area contributed by atoms with E-state index in [1.807, 2.05) is 47.1 Å². The number of anilines is 2. The van der Waals surface area contributed by atoms with Gasteiger partial charge in [-0.05, 0) is 84.7 Å². The van der Waals surface area contributed by atoms with Gasteiger partial charge in [-0.25, -0.2) is 19.0 Å². The fourth-order valence-corrected chi connectivity index (χ4v) is 7.57. The highest BCUT2D eigenvalue weighted by atomic mass is 127. The number of rotatable bonds is 4. The summed E-state index contributed by atoms with van der Waals surface area (Å²) in [7, 11) is 5.98. The molecule has 4 aliphatic rings. The molecule has 6 heterocycles. The van der Waals surface area contributed by atoms with Crippen LogP contribution in [0.1, 0.15) is 63.6 Å². The first-order valence-corrected chi connectivity index (χ1v) is 20.0. The lowest BCUT2D eigenvalue weighted by atomic mass is 10.0. The van der Waals surface area contributed by atoms with Crippen LogP contribution in [0.2, 0.25) is 0 Å². The molecule has 0 spiro atoms. The smallest absolute Gasteiger partial charge is 0.360 e. The van der Waals surface area contributed by atoms with Gasteiger partial charge in [0.1, 0.15) is 0 Å². The standard InChI is InChI=1S/C21H22N4O4.C14H14IN3O2.C7H9NO2/c1-24-12-10-21(28,20(24)27)9-8-14-5-3-6-15(13-14)25-16-7-4-11-22-17(16)18(23-25)19(26)29-2;1-20-14(19)13-12-11(6-3-7-16-12)18(17-13)10-5-2-4-9(15)8-10;1-3-7(10)4-5-8(2)6(7)9/h3,5-6,13,22,28H,4,7,10-12H2,1-2H3;2,4-5,8,16H,3,6-7H2,1H3;1,10H,4-5H2,2H3/t21-;;7-/m0.0/s1. The van der Waals surface area contributed by atoms with E-state index >= 15 is 0 Å². The second-order valence-electron chi connectivity index (χ2n) is 14.3. The van der Waals surface area contributed by atoms with Crippen LogP contribution in [0.4, 0.5) is 11.4 Å². The van der Waals surface area contributed by atoms with Gasteiger partial charge in [0.25, 0.3) is 11.8 Å². The minimum absolute atomic E-state index is 0.257. The van der Waals surface area contributed by atoms with E-state index < -0.39 is 23.1 Å². The molecular weight excluding hydrogens is 871 g/mol. The summed E-state index contributed by atoms with van der Waals surface area (Å²) in [6, 6.07) is 15.4. The average molecular weight is 917 g/mol. The number of halogens is 1. The van der Waals surface area contributed by atoms with E-state index in [2.05, 4.69) is 61.2 Å². The fourth-order valence-electron chi connectivity index (χ4n) is 7.04. The molecule has 0 saturated carbocycles. The number of amides is 2. The number of ether oxygens (including phenoxy) is 2. The normalized spacial score (nSPS) is 20.2. The number of nitrogens with one attached hydrogen (secondary N) is 2. The molecule has 2 fully saturated rings. The van der Waals surface area contributed by atoms with E-state index in [-0.39, 0.29) is 23.9 Å². The van der Waals surface area contributed by atoms with E-state index in [4.69, 9.17) is 15.9 Å². The monoisotopic (exact) mass is 916 g/mol. The molecule has 17 heteroatoms. The Balaban J connectivity index is 0.000000168. The molecule has 0 unspecified atom stereocenters. The largest absolute Gasteiger partial charge is 0.464 e. The van der Waals surface area contributed by atoms with Gasteiger partial charge in [-0.1, -0.05) is 29.9 Å². The molecule has 16 nitrogen and oxygen atoms in total. The van der Waals surface area contributed by atoms with Gasteiger partial charge < -0.3 is 40.1 Å². The third-order valence-electron chi connectivity index (χ3n) is 10.3. The Labute approximate surface area is 355 Å². The first-order chi connectivity index (χ1) is 28.2. The molecule has 2 amide bonds. The van der Waals surface area contributed by atoms with Crippen LogP contribution in [0.5, 0.6) is 0 Å². The lowest BCUT2D eigenvalue weighted by Crippen LogP contribution is -2.37. The van der Waals surface area contributed by atoms with Crippen molar-refractivity contribution in [3.05, 3.63) is 80.4 Å². The number of carbonyl (C=O) groups is 4. The van der Waals surface area contributed by atoms with E-state index in [1.165, 1.54) is 24.0 Å². The van der Waals surface area contributed by atoms with Crippen LogP contribution in [-0.2, 0) is 31.9 Å². The highest BCUT2D eigenvalue weighted by Gasteiger charge is 2.43. The van der Waals surface area contributed by atoms with Crippen molar-refractivity contribution in [3.8, 4) is 35.6 Å². The first-order valence-electron chi connectivity index (χ1n) is 18.9. The molecule has 0 radical (unpaired) electrons. The van der Waals surface area contributed by atoms with Crippen LogP contribution in [-0.4, -0.2) is 129 Å². The minimum Gasteiger partial charge on any atom is -0.464 e. The number of carbonyl (C=O) groups excluding carboxylic acids is 4. The Morgan fingerprint density at radius 1 is 0.797 bits per heavy atom. The molecule has 59 heavy (non-hydrogen) atoms. The Bertz CT molecular complexity index is 2390. The SMILES string of the molecule is C#C[C@]1(O)CCN(C)C1=O.COC(=O)c1nn(-c2cccc(C#C[C@]3(O)CCN(C)C3=O)c2)c2c1NCCC2.COC(=O)c1nn(-c2cccc(I)c2)c2c1NCCC2. The van der Waals surface area contributed by atoms with Gasteiger partial charge in [0, 0.05) is 62.2 Å². The molecule has 2 aromatic heterocycles. The molecule has 0 aliphatic carbocycles. The number of nitrogens with zero attached hydrogens (tertiary/aromatic N) is 6. The van der Waals surface area contributed by atoms with E-state index in [1.54, 1.807) is 24.8 Å². The first kappa shape index (κ1) is 42.7. The van der Waals surface area contributed by atoms with Crippen molar-refractivity contribution in [2.24, 2.45) is 0 Å². The van der Waals surface area contributed by atoms with E-state index in [0.29, 0.717) is 36.5 Å². The highest BCUT2D eigenvalue weighted by Crippen LogP contribution is 2.31. The number of hydrogen-bond acceptors (Lipinski definition) is 12. The van der Waals surface area contributed by atoms with Crippen LogP contribution in [0.25, 0.3) is 11.4 Å². The Morgan fingerprint density at radius 3 is 1.73 bits per heavy atom. The Morgan fingerprint density at radius 2 is 1.29 bits per heavy atom. The van der Waals surface area contributed by atoms with Gasteiger partial charge in [-0.15, -0.1) is 6.42 Å². The second-order valence-corrected chi connectivity index (χ2v) is 15.6. The third-order valence-corrected chi connectivity index (χ3v) is 11.0. The Kier molecular flexibility index (Phi) is 13.0. The summed E-state index contributed by atoms with van der Waals surface area (Å²) in [5, 5.41) is 35.2. The lowest BCUT2D eigenvalue weighted by molar-refractivity contribution is -0.138. The number of esters is 2. The van der Waals surface area contributed by atoms with Crippen molar-refractivity contribution in [1.82, 2.24) is 29.4 Å². The van der Waals surface area contributed by atoms with Crippen LogP contribution in [0.15, 0.2) is 48.5 Å². The van der Waals surface area contributed by atoms with Crippen molar-refractivity contribution in [3.63, 3.8) is 0 Å². The molecule has 4 N–H and O–H groups in total. The maximum absolute atomic E-state index is 12.1.